The number of nitrogens with one attached hydrogen (secondary N) is 1. The number of pyridine rings is 1. The fraction of sp³-hybridized carbons (Fsp3) is 0.182. The Labute approximate surface area is 170 Å². The molecule has 1 heterocycles. The van der Waals surface area contributed by atoms with E-state index in [1.165, 1.54) is 25.4 Å². The maximum Gasteiger partial charge on any atom is 0.224 e. The third-order valence-electron chi connectivity index (χ3n) is 4.51. The number of carbonyl (C=O) groups is 1. The molecule has 1 unspecified atom stereocenters. The van der Waals surface area contributed by atoms with E-state index in [0.717, 1.165) is 5.56 Å². The van der Waals surface area contributed by atoms with Crippen LogP contribution >= 0.6 is 0 Å². The van der Waals surface area contributed by atoms with Crippen molar-refractivity contribution in [3.05, 3.63) is 90.3 Å². The number of rotatable bonds is 8. The van der Waals surface area contributed by atoms with Gasteiger partial charge in [-0.3, -0.25) is 9.78 Å². The summed E-state index contributed by atoms with van der Waals surface area (Å²) in [6.07, 6.45) is 3.27. The highest BCUT2D eigenvalue weighted by molar-refractivity contribution is 7.91. The Balaban J connectivity index is 1.82. The normalized spacial score (nSPS) is 12.2. The van der Waals surface area contributed by atoms with Crippen molar-refractivity contribution in [1.82, 2.24) is 10.3 Å². The third kappa shape index (κ3) is 5.20. The molecule has 0 radical (unpaired) electrons. The predicted octanol–water partition coefficient (Wildman–Crippen LogP) is 2.96. The van der Waals surface area contributed by atoms with Gasteiger partial charge in [0, 0.05) is 18.9 Å². The molecule has 1 N–H and O–H groups in total. The number of amides is 1. The topological polar surface area (TPSA) is 85.4 Å². The van der Waals surface area contributed by atoms with Crippen LogP contribution in [0, 0.1) is 0 Å². The Kier molecular flexibility index (Phi) is 6.61. The second kappa shape index (κ2) is 9.34. The van der Waals surface area contributed by atoms with Gasteiger partial charge in [-0.05, 0) is 41.5 Å². The van der Waals surface area contributed by atoms with Crippen LogP contribution in [0.15, 0.2) is 84.0 Å². The van der Waals surface area contributed by atoms with Crippen LogP contribution in [0.1, 0.15) is 16.4 Å². The van der Waals surface area contributed by atoms with Crippen LogP contribution in [0.5, 0.6) is 5.75 Å². The summed E-state index contributed by atoms with van der Waals surface area (Å²) < 4.78 is 31.7. The van der Waals surface area contributed by atoms with Gasteiger partial charge in [0.25, 0.3) is 0 Å². The summed E-state index contributed by atoms with van der Waals surface area (Å²) in [5.41, 5.74) is 1.38. The first-order chi connectivity index (χ1) is 14.0. The van der Waals surface area contributed by atoms with Crippen LogP contribution < -0.4 is 10.1 Å². The molecule has 1 atom stereocenters. The zero-order valence-electron chi connectivity index (χ0n) is 16.0. The Bertz CT molecular complexity index is 1040. The van der Waals surface area contributed by atoms with Gasteiger partial charge in [0.1, 0.15) is 11.0 Å². The first-order valence-electron chi connectivity index (χ1n) is 9.09. The number of nitrogens with zero attached hydrogens (tertiary/aromatic N) is 1. The molecule has 0 bridgehead atoms. The molecule has 0 aliphatic carbocycles. The quantitative estimate of drug-likeness (QED) is 0.617. The van der Waals surface area contributed by atoms with Gasteiger partial charge in [-0.15, -0.1) is 0 Å². The van der Waals surface area contributed by atoms with Crippen LogP contribution in [0.4, 0.5) is 0 Å². The second-order valence-corrected chi connectivity index (χ2v) is 8.59. The lowest BCUT2D eigenvalue weighted by molar-refractivity contribution is -0.120. The maximum atomic E-state index is 13.3. The Hall–Kier alpha value is -3.19. The van der Waals surface area contributed by atoms with Crippen LogP contribution in [-0.4, -0.2) is 33.0 Å². The zero-order chi connectivity index (χ0) is 20.7. The van der Waals surface area contributed by atoms with Gasteiger partial charge < -0.3 is 10.1 Å². The molecular weight excluding hydrogens is 388 g/mol. The van der Waals surface area contributed by atoms with E-state index in [-0.39, 0.29) is 23.8 Å². The lowest BCUT2D eigenvalue weighted by Gasteiger charge is -2.19. The minimum atomic E-state index is -3.76. The summed E-state index contributed by atoms with van der Waals surface area (Å²) in [5, 5.41) is 1.80. The van der Waals surface area contributed by atoms with Gasteiger partial charge in [-0.25, -0.2) is 8.42 Å². The zero-order valence-corrected chi connectivity index (χ0v) is 16.8. The molecule has 1 amide bonds. The molecule has 3 aromatic rings. The van der Waals surface area contributed by atoms with Crippen molar-refractivity contribution in [2.75, 3.05) is 13.7 Å². The Morgan fingerprint density at radius 3 is 2.38 bits per heavy atom. The minimum Gasteiger partial charge on any atom is -0.497 e. The van der Waals surface area contributed by atoms with Gasteiger partial charge in [0.2, 0.25) is 5.91 Å². The molecule has 150 valence electrons. The summed E-state index contributed by atoms with van der Waals surface area (Å²) in [4.78, 5) is 16.6. The lowest BCUT2D eigenvalue weighted by Crippen LogP contribution is -2.33. The lowest BCUT2D eigenvalue weighted by atomic mass is 10.1. The fourth-order valence-corrected chi connectivity index (χ4v) is 4.60. The highest BCUT2D eigenvalue weighted by atomic mass is 32.2. The number of ether oxygens (including phenoxy) is 1. The molecule has 1 aromatic heterocycles. The summed E-state index contributed by atoms with van der Waals surface area (Å²) in [6, 6.07) is 18.9. The third-order valence-corrected chi connectivity index (χ3v) is 6.63. The van der Waals surface area contributed by atoms with E-state index in [1.807, 2.05) is 30.3 Å². The van der Waals surface area contributed by atoms with Crippen molar-refractivity contribution in [2.24, 2.45) is 0 Å². The average Bonchev–Trinajstić information content (AvgIpc) is 2.75. The van der Waals surface area contributed by atoms with E-state index in [2.05, 4.69) is 10.3 Å². The molecule has 0 fully saturated rings. The van der Waals surface area contributed by atoms with Crippen LogP contribution in [0.25, 0.3) is 0 Å². The van der Waals surface area contributed by atoms with E-state index >= 15 is 0 Å². The van der Waals surface area contributed by atoms with Crippen molar-refractivity contribution < 1.29 is 17.9 Å². The standard InChI is InChI=1S/C22H22N2O4S/c1-28-19-9-11-20(12-10-19)29(26,27)21(18-8-5-13-23-15-18)16-24-22(25)14-17-6-3-2-4-7-17/h2-13,15,21H,14,16H2,1H3,(H,24,25). The summed E-state index contributed by atoms with van der Waals surface area (Å²) >= 11 is 0. The Morgan fingerprint density at radius 2 is 1.76 bits per heavy atom. The number of sulfone groups is 1. The number of carbonyl (C=O) groups excluding carboxylic acids is 1. The first kappa shape index (κ1) is 20.5. The molecule has 0 aliphatic rings. The second-order valence-electron chi connectivity index (χ2n) is 6.46. The number of aromatic nitrogens is 1. The smallest absolute Gasteiger partial charge is 0.224 e. The van der Waals surface area contributed by atoms with Gasteiger partial charge in [0.15, 0.2) is 9.84 Å². The highest BCUT2D eigenvalue weighted by Gasteiger charge is 2.30. The van der Waals surface area contributed by atoms with Crippen molar-refractivity contribution in [3.8, 4) is 5.75 Å². The van der Waals surface area contributed by atoms with E-state index in [1.54, 1.807) is 30.5 Å². The average molecular weight is 410 g/mol. The SMILES string of the molecule is COc1ccc(S(=O)(=O)C(CNC(=O)Cc2ccccc2)c2cccnc2)cc1. The summed E-state index contributed by atoms with van der Waals surface area (Å²) in [7, 11) is -2.24. The molecule has 0 saturated heterocycles. The summed E-state index contributed by atoms with van der Waals surface area (Å²) in [6.45, 7) is -0.0499. The maximum absolute atomic E-state index is 13.3. The van der Waals surface area contributed by atoms with Crippen molar-refractivity contribution in [3.63, 3.8) is 0 Å². The molecule has 6 nitrogen and oxygen atoms in total. The monoisotopic (exact) mass is 410 g/mol. The first-order valence-corrected chi connectivity index (χ1v) is 10.6. The van der Waals surface area contributed by atoms with Gasteiger partial charge in [-0.2, -0.15) is 0 Å². The van der Waals surface area contributed by atoms with Gasteiger partial charge >= 0.3 is 0 Å². The Morgan fingerprint density at radius 1 is 1.03 bits per heavy atom. The fourth-order valence-electron chi connectivity index (χ4n) is 2.95. The number of hydrogen-bond acceptors (Lipinski definition) is 5. The molecule has 29 heavy (non-hydrogen) atoms. The van der Waals surface area contributed by atoms with Gasteiger partial charge in [-0.1, -0.05) is 36.4 Å². The van der Waals surface area contributed by atoms with Crippen LogP contribution in [0.2, 0.25) is 0 Å². The van der Waals surface area contributed by atoms with Crippen molar-refractivity contribution >= 4 is 15.7 Å². The van der Waals surface area contributed by atoms with Crippen molar-refractivity contribution in [2.45, 2.75) is 16.6 Å². The van der Waals surface area contributed by atoms with Crippen LogP contribution in [0.3, 0.4) is 0 Å². The van der Waals surface area contributed by atoms with E-state index in [0.29, 0.717) is 11.3 Å². The molecule has 0 saturated carbocycles. The minimum absolute atomic E-state index is 0.0499. The molecule has 0 aliphatic heterocycles. The number of benzene rings is 2. The molecule has 7 heteroatoms. The van der Waals surface area contributed by atoms with E-state index in [9.17, 15) is 13.2 Å². The largest absolute Gasteiger partial charge is 0.497 e. The van der Waals surface area contributed by atoms with Crippen molar-refractivity contribution in [1.29, 1.82) is 0 Å². The molecule has 0 spiro atoms. The number of hydrogen-bond donors (Lipinski definition) is 1. The van der Waals surface area contributed by atoms with E-state index < -0.39 is 15.1 Å². The van der Waals surface area contributed by atoms with E-state index in [4.69, 9.17) is 4.74 Å². The predicted molar refractivity (Wildman–Crippen MR) is 110 cm³/mol. The molecule has 2 aromatic carbocycles. The van der Waals surface area contributed by atoms with Crippen LogP contribution in [-0.2, 0) is 21.1 Å². The highest BCUT2D eigenvalue weighted by Crippen LogP contribution is 2.29. The molecular formula is C22H22N2O4S. The molecule has 3 rings (SSSR count). The number of methoxy groups -OCH3 is 1. The summed E-state index contributed by atoms with van der Waals surface area (Å²) in [5.74, 6) is 0.327. The van der Waals surface area contributed by atoms with Gasteiger partial charge in [0.05, 0.1) is 18.4 Å².